The van der Waals surface area contributed by atoms with Gasteiger partial charge in [-0.3, -0.25) is 0 Å². The number of aliphatic hydroxyl groups excluding tert-OH is 1. The fraction of sp³-hybridized carbons (Fsp3) is 0.143. The van der Waals surface area contributed by atoms with E-state index in [-0.39, 0.29) is 5.75 Å². The molecule has 0 saturated heterocycles. The van der Waals surface area contributed by atoms with E-state index in [1.165, 1.54) is 6.07 Å². The summed E-state index contributed by atoms with van der Waals surface area (Å²) >= 11 is 3.18. The maximum atomic E-state index is 13.5. The molecule has 0 fully saturated rings. The first-order chi connectivity index (χ1) is 8.56. The first kappa shape index (κ1) is 13.1. The van der Waals surface area contributed by atoms with Crippen molar-refractivity contribution >= 4 is 15.9 Å². The summed E-state index contributed by atoms with van der Waals surface area (Å²) in [5.74, 6) is 0.271. The molecule has 0 aromatic heterocycles. The summed E-state index contributed by atoms with van der Waals surface area (Å²) in [6.45, 7) is 1.68. The molecule has 0 spiro atoms. The van der Waals surface area contributed by atoms with Gasteiger partial charge in [-0.1, -0.05) is 28.1 Å². The van der Waals surface area contributed by atoms with Gasteiger partial charge in [0.25, 0.3) is 0 Å². The smallest absolute Gasteiger partial charge is 0.166 e. The molecule has 0 heterocycles. The molecule has 1 atom stereocenters. The molecule has 0 aliphatic rings. The average Bonchev–Trinajstić information content (AvgIpc) is 2.33. The van der Waals surface area contributed by atoms with Crippen LogP contribution in [0.3, 0.4) is 0 Å². The number of hydrogen-bond donors (Lipinski definition) is 1. The Balaban J connectivity index is 2.18. The standard InChI is InChI=1S/C14H12BrFO2/c1-9(17)10-2-5-12(6-3-10)18-14-7-4-11(15)8-13(14)16/h2-9,17H,1H3/t9-/m1/s1. The molecule has 1 N–H and O–H groups in total. The fourth-order valence-corrected chi connectivity index (χ4v) is 1.83. The van der Waals surface area contributed by atoms with Crippen LogP contribution < -0.4 is 4.74 Å². The van der Waals surface area contributed by atoms with Gasteiger partial charge in [-0.15, -0.1) is 0 Å². The molecule has 18 heavy (non-hydrogen) atoms. The SMILES string of the molecule is C[C@@H](O)c1ccc(Oc2ccc(Br)cc2F)cc1. The lowest BCUT2D eigenvalue weighted by Crippen LogP contribution is -1.92. The Labute approximate surface area is 113 Å². The summed E-state index contributed by atoms with van der Waals surface area (Å²) in [5.41, 5.74) is 0.790. The van der Waals surface area contributed by atoms with Crippen LogP contribution in [0.15, 0.2) is 46.9 Å². The minimum atomic E-state index is -0.525. The van der Waals surface area contributed by atoms with Gasteiger partial charge in [0.1, 0.15) is 5.75 Å². The van der Waals surface area contributed by atoms with Gasteiger partial charge in [-0.2, -0.15) is 0 Å². The minimum Gasteiger partial charge on any atom is -0.454 e. The van der Waals surface area contributed by atoms with Gasteiger partial charge < -0.3 is 9.84 Å². The monoisotopic (exact) mass is 310 g/mol. The molecule has 0 bridgehead atoms. The van der Waals surface area contributed by atoms with E-state index < -0.39 is 11.9 Å². The van der Waals surface area contributed by atoms with E-state index >= 15 is 0 Å². The van der Waals surface area contributed by atoms with Crippen molar-refractivity contribution in [2.24, 2.45) is 0 Å². The summed E-state index contributed by atoms with van der Waals surface area (Å²) < 4.78 is 19.6. The van der Waals surface area contributed by atoms with Crippen molar-refractivity contribution in [3.05, 3.63) is 58.3 Å². The van der Waals surface area contributed by atoms with Gasteiger partial charge in [0, 0.05) is 4.47 Å². The first-order valence-electron chi connectivity index (χ1n) is 5.47. The molecule has 94 valence electrons. The second-order valence-electron chi connectivity index (χ2n) is 3.92. The van der Waals surface area contributed by atoms with Crippen LogP contribution in [0, 0.1) is 5.82 Å². The van der Waals surface area contributed by atoms with Crippen LogP contribution in [0.4, 0.5) is 4.39 Å². The zero-order valence-corrected chi connectivity index (χ0v) is 11.3. The Bertz CT molecular complexity index is 538. The minimum absolute atomic E-state index is 0.169. The molecule has 2 aromatic carbocycles. The zero-order chi connectivity index (χ0) is 13.1. The number of halogens is 2. The number of ether oxygens (including phenoxy) is 1. The van der Waals surface area contributed by atoms with Crippen LogP contribution in [0.25, 0.3) is 0 Å². The lowest BCUT2D eigenvalue weighted by molar-refractivity contribution is 0.199. The second kappa shape index (κ2) is 5.50. The van der Waals surface area contributed by atoms with E-state index in [1.807, 2.05) is 0 Å². The molecular formula is C14H12BrFO2. The van der Waals surface area contributed by atoms with Gasteiger partial charge in [-0.05, 0) is 42.8 Å². The molecule has 2 rings (SSSR count). The number of hydrogen-bond acceptors (Lipinski definition) is 2. The van der Waals surface area contributed by atoms with Gasteiger partial charge >= 0.3 is 0 Å². The normalized spacial score (nSPS) is 12.2. The van der Waals surface area contributed by atoms with E-state index in [0.29, 0.717) is 10.2 Å². The summed E-state index contributed by atoms with van der Waals surface area (Å²) in [5, 5.41) is 9.37. The van der Waals surface area contributed by atoms with E-state index in [1.54, 1.807) is 43.3 Å². The fourth-order valence-electron chi connectivity index (χ4n) is 1.50. The highest BCUT2D eigenvalue weighted by Gasteiger charge is 2.06. The van der Waals surface area contributed by atoms with E-state index in [4.69, 9.17) is 4.74 Å². The zero-order valence-electron chi connectivity index (χ0n) is 9.73. The molecule has 2 aromatic rings. The largest absolute Gasteiger partial charge is 0.454 e. The molecule has 0 amide bonds. The van der Waals surface area contributed by atoms with Gasteiger partial charge in [0.05, 0.1) is 6.10 Å². The van der Waals surface area contributed by atoms with E-state index in [9.17, 15) is 9.50 Å². The number of rotatable bonds is 3. The third-order valence-corrected chi connectivity index (χ3v) is 2.98. The molecule has 0 unspecified atom stereocenters. The third kappa shape index (κ3) is 3.09. The van der Waals surface area contributed by atoms with Crippen molar-refractivity contribution in [2.75, 3.05) is 0 Å². The first-order valence-corrected chi connectivity index (χ1v) is 6.26. The van der Waals surface area contributed by atoms with Crippen molar-refractivity contribution in [1.82, 2.24) is 0 Å². The van der Waals surface area contributed by atoms with Crippen LogP contribution in [0.2, 0.25) is 0 Å². The Morgan fingerprint density at radius 2 is 1.83 bits per heavy atom. The molecule has 4 heteroatoms. The van der Waals surface area contributed by atoms with Crippen molar-refractivity contribution in [1.29, 1.82) is 0 Å². The molecule has 2 nitrogen and oxygen atoms in total. The van der Waals surface area contributed by atoms with Crippen molar-refractivity contribution in [3.8, 4) is 11.5 Å². The van der Waals surface area contributed by atoms with E-state index in [0.717, 1.165) is 5.56 Å². The van der Waals surface area contributed by atoms with Gasteiger partial charge in [0.15, 0.2) is 11.6 Å². The maximum absolute atomic E-state index is 13.5. The van der Waals surface area contributed by atoms with Crippen molar-refractivity contribution in [2.45, 2.75) is 13.0 Å². The van der Waals surface area contributed by atoms with Crippen molar-refractivity contribution < 1.29 is 14.2 Å². The number of aliphatic hydroxyl groups is 1. The third-order valence-electron chi connectivity index (χ3n) is 2.48. The van der Waals surface area contributed by atoms with Crippen LogP contribution in [0.5, 0.6) is 11.5 Å². The van der Waals surface area contributed by atoms with Crippen LogP contribution >= 0.6 is 15.9 Å². The Kier molecular flexibility index (Phi) is 3.99. The average molecular weight is 311 g/mol. The summed E-state index contributed by atoms with van der Waals surface area (Å²) in [6, 6.07) is 11.5. The van der Waals surface area contributed by atoms with Crippen LogP contribution in [-0.2, 0) is 0 Å². The highest BCUT2D eigenvalue weighted by Crippen LogP contribution is 2.27. The highest BCUT2D eigenvalue weighted by atomic mass is 79.9. The molecule has 0 saturated carbocycles. The van der Waals surface area contributed by atoms with Crippen LogP contribution in [-0.4, -0.2) is 5.11 Å². The lowest BCUT2D eigenvalue weighted by atomic mass is 10.1. The summed E-state index contributed by atoms with van der Waals surface area (Å²) in [4.78, 5) is 0. The molecule has 0 aliphatic carbocycles. The predicted octanol–water partition coefficient (Wildman–Crippen LogP) is 4.43. The Hall–Kier alpha value is -1.39. The Morgan fingerprint density at radius 1 is 1.17 bits per heavy atom. The quantitative estimate of drug-likeness (QED) is 0.908. The topological polar surface area (TPSA) is 29.5 Å². The van der Waals surface area contributed by atoms with Gasteiger partial charge in [0.2, 0.25) is 0 Å². The summed E-state index contributed by atoms with van der Waals surface area (Å²) in [7, 11) is 0. The molecule has 0 radical (unpaired) electrons. The lowest BCUT2D eigenvalue weighted by Gasteiger charge is -2.09. The Morgan fingerprint density at radius 3 is 2.39 bits per heavy atom. The number of benzene rings is 2. The predicted molar refractivity (Wildman–Crippen MR) is 71.2 cm³/mol. The van der Waals surface area contributed by atoms with Crippen molar-refractivity contribution in [3.63, 3.8) is 0 Å². The molecule has 0 aliphatic heterocycles. The van der Waals surface area contributed by atoms with Gasteiger partial charge in [-0.25, -0.2) is 4.39 Å². The highest BCUT2D eigenvalue weighted by molar-refractivity contribution is 9.10. The van der Waals surface area contributed by atoms with Crippen LogP contribution in [0.1, 0.15) is 18.6 Å². The maximum Gasteiger partial charge on any atom is 0.166 e. The second-order valence-corrected chi connectivity index (χ2v) is 4.84. The molecular weight excluding hydrogens is 299 g/mol. The van der Waals surface area contributed by atoms with E-state index in [2.05, 4.69) is 15.9 Å². The summed E-state index contributed by atoms with van der Waals surface area (Å²) in [6.07, 6.45) is -0.525.